The molecule has 27 heavy (non-hydrogen) atoms. The van der Waals surface area contributed by atoms with Gasteiger partial charge in [-0.3, -0.25) is 0 Å². The number of aliphatic hydroxyl groups excluding tert-OH is 1. The lowest BCUT2D eigenvalue weighted by Gasteiger charge is -2.50. The van der Waals surface area contributed by atoms with E-state index in [4.69, 9.17) is 0 Å². The molecule has 5 nitrogen and oxygen atoms in total. The van der Waals surface area contributed by atoms with E-state index in [1.54, 1.807) is 0 Å². The Hall–Kier alpha value is -2.53. The van der Waals surface area contributed by atoms with E-state index < -0.39 is 40.4 Å². The van der Waals surface area contributed by atoms with E-state index in [0.29, 0.717) is 0 Å². The van der Waals surface area contributed by atoms with Gasteiger partial charge in [-0.05, 0) is 36.2 Å². The minimum Gasteiger partial charge on any atom is -0.395 e. The molecule has 0 spiro atoms. The second kappa shape index (κ2) is 7.61. The summed E-state index contributed by atoms with van der Waals surface area (Å²) >= 11 is 0. The first-order chi connectivity index (χ1) is 12.9. The molecule has 1 fully saturated rings. The Labute approximate surface area is 158 Å². The number of allylic oxidation sites excluding steroid dienone is 1. The third-order valence-corrected chi connectivity index (χ3v) is 6.63. The molecule has 0 saturated carbocycles. The van der Waals surface area contributed by atoms with Gasteiger partial charge in [-0.25, -0.2) is 12.8 Å². The van der Waals surface area contributed by atoms with Gasteiger partial charge >= 0.3 is 0 Å². The molecule has 140 valence electrons. The normalized spacial score (nSPS) is 23.1. The fourth-order valence-corrected chi connectivity index (χ4v) is 5.25. The molecule has 7 heteroatoms. The van der Waals surface area contributed by atoms with Gasteiger partial charge in [0.25, 0.3) is 0 Å². The quantitative estimate of drug-likeness (QED) is 0.857. The Bertz CT molecular complexity index is 997. The molecule has 1 aliphatic rings. The maximum Gasteiger partial charge on any atom is 0.244 e. The van der Waals surface area contributed by atoms with Gasteiger partial charge < -0.3 is 5.11 Å². The number of halogens is 1. The van der Waals surface area contributed by atoms with Gasteiger partial charge in [-0.2, -0.15) is 9.57 Å². The first kappa shape index (κ1) is 19.2. The molecule has 0 aliphatic carbocycles. The third-order valence-electron chi connectivity index (χ3n) is 4.73. The fraction of sp³-hybridized carbons (Fsp3) is 0.250. The van der Waals surface area contributed by atoms with Gasteiger partial charge in [-0.15, -0.1) is 0 Å². The molecule has 3 rings (SSSR count). The molecule has 0 unspecified atom stereocenters. The van der Waals surface area contributed by atoms with Crippen molar-refractivity contribution in [2.75, 3.05) is 6.61 Å². The number of aliphatic hydroxyl groups is 1. The van der Waals surface area contributed by atoms with Gasteiger partial charge in [0.15, 0.2) is 0 Å². The zero-order valence-corrected chi connectivity index (χ0v) is 15.5. The average Bonchev–Trinajstić information content (AvgIpc) is 2.63. The molecule has 1 N–H and O–H groups in total. The van der Waals surface area contributed by atoms with Gasteiger partial charge in [0, 0.05) is 5.92 Å². The summed E-state index contributed by atoms with van der Waals surface area (Å²) in [4.78, 5) is -0.233. The number of hydrogen-bond acceptors (Lipinski definition) is 4. The van der Waals surface area contributed by atoms with E-state index in [0.717, 1.165) is 27.6 Å². The summed E-state index contributed by atoms with van der Waals surface area (Å²) in [6.07, 6.45) is 3.83. The molecule has 0 bridgehead atoms. The van der Waals surface area contributed by atoms with Crippen molar-refractivity contribution in [3.05, 3.63) is 71.6 Å². The van der Waals surface area contributed by atoms with Crippen molar-refractivity contribution in [2.24, 2.45) is 0 Å². The van der Waals surface area contributed by atoms with Crippen molar-refractivity contribution >= 4 is 16.1 Å². The topological polar surface area (TPSA) is 81.4 Å². The molecule has 0 radical (unpaired) electrons. The standard InChI is InChI=1S/C20H19FN2O3S/c1-2-4-14-7-9-15(10-8-14)20-18(12-22)23(19(20)13-24)27(25,26)17-6-3-5-16(21)11-17/h2-11,18-20,24H,13H2,1H3/t18-,19+,20+/m1/s1. The minimum absolute atomic E-state index is 0.233. The van der Waals surface area contributed by atoms with E-state index in [-0.39, 0.29) is 4.90 Å². The van der Waals surface area contributed by atoms with Gasteiger partial charge in [0.05, 0.1) is 23.6 Å². The molecule has 2 aromatic rings. The molecule has 0 aromatic heterocycles. The van der Waals surface area contributed by atoms with Gasteiger partial charge in [-0.1, -0.05) is 42.5 Å². The van der Waals surface area contributed by atoms with Crippen molar-refractivity contribution in [2.45, 2.75) is 29.8 Å². The monoisotopic (exact) mass is 386 g/mol. The minimum atomic E-state index is -4.11. The zero-order valence-electron chi connectivity index (χ0n) is 14.7. The first-order valence-electron chi connectivity index (χ1n) is 8.46. The van der Waals surface area contributed by atoms with Crippen molar-refractivity contribution in [3.8, 4) is 6.07 Å². The predicted octanol–water partition coefficient (Wildman–Crippen LogP) is 2.90. The molecule has 0 amide bonds. The molecule has 1 saturated heterocycles. The van der Waals surface area contributed by atoms with Crippen LogP contribution >= 0.6 is 0 Å². The van der Waals surface area contributed by atoms with Gasteiger partial charge in [0.1, 0.15) is 11.9 Å². The van der Waals surface area contributed by atoms with Crippen LogP contribution in [0.4, 0.5) is 4.39 Å². The van der Waals surface area contributed by atoms with Crippen molar-refractivity contribution in [1.29, 1.82) is 5.26 Å². The Kier molecular flexibility index (Phi) is 5.42. The summed E-state index contributed by atoms with van der Waals surface area (Å²) in [5.41, 5.74) is 1.76. The van der Waals surface area contributed by atoms with E-state index in [9.17, 15) is 23.2 Å². The lowest BCUT2D eigenvalue weighted by Crippen LogP contribution is -2.65. The van der Waals surface area contributed by atoms with Crippen LogP contribution in [0.25, 0.3) is 6.08 Å². The number of nitriles is 1. The van der Waals surface area contributed by atoms with Crippen LogP contribution in [-0.4, -0.2) is 36.5 Å². The zero-order chi connectivity index (χ0) is 19.6. The Morgan fingerprint density at radius 3 is 2.52 bits per heavy atom. The van der Waals surface area contributed by atoms with Crippen LogP contribution in [0, 0.1) is 17.1 Å². The Morgan fingerprint density at radius 2 is 1.96 bits per heavy atom. The van der Waals surface area contributed by atoms with Crippen LogP contribution in [0.1, 0.15) is 24.0 Å². The second-order valence-electron chi connectivity index (χ2n) is 6.31. The highest BCUT2D eigenvalue weighted by Crippen LogP contribution is 2.44. The SMILES string of the molecule is CC=Cc1ccc([C@H]2[C@@H](C#N)N(S(=O)(=O)c3cccc(F)c3)[C@H]2CO)cc1. The number of nitrogens with zero attached hydrogens (tertiary/aromatic N) is 2. The highest BCUT2D eigenvalue weighted by atomic mass is 32.2. The van der Waals surface area contributed by atoms with Crippen LogP contribution in [0.15, 0.2) is 59.5 Å². The summed E-state index contributed by atoms with van der Waals surface area (Å²) < 4.78 is 40.3. The number of benzene rings is 2. The lowest BCUT2D eigenvalue weighted by molar-refractivity contribution is 0.0556. The average molecular weight is 386 g/mol. The van der Waals surface area contributed by atoms with Crippen LogP contribution in [0.3, 0.4) is 0 Å². The highest BCUT2D eigenvalue weighted by molar-refractivity contribution is 7.89. The van der Waals surface area contributed by atoms with E-state index in [1.165, 1.54) is 12.1 Å². The second-order valence-corrected chi connectivity index (χ2v) is 8.15. The molecule has 1 heterocycles. The molecular weight excluding hydrogens is 367 g/mol. The summed E-state index contributed by atoms with van der Waals surface area (Å²) in [6.45, 7) is 1.47. The summed E-state index contributed by atoms with van der Waals surface area (Å²) in [6, 6.07) is 12.3. The Morgan fingerprint density at radius 1 is 1.26 bits per heavy atom. The van der Waals surface area contributed by atoms with E-state index in [2.05, 4.69) is 0 Å². The highest BCUT2D eigenvalue weighted by Gasteiger charge is 2.55. The summed E-state index contributed by atoms with van der Waals surface area (Å²) in [5, 5.41) is 19.4. The number of hydrogen-bond donors (Lipinski definition) is 1. The van der Waals surface area contributed by atoms with Crippen LogP contribution < -0.4 is 0 Å². The maximum atomic E-state index is 13.5. The smallest absolute Gasteiger partial charge is 0.244 e. The maximum absolute atomic E-state index is 13.5. The first-order valence-corrected chi connectivity index (χ1v) is 9.90. The predicted molar refractivity (Wildman–Crippen MR) is 99.6 cm³/mol. The van der Waals surface area contributed by atoms with Gasteiger partial charge in [0.2, 0.25) is 10.0 Å². The van der Waals surface area contributed by atoms with Crippen LogP contribution in [0.5, 0.6) is 0 Å². The fourth-order valence-electron chi connectivity index (χ4n) is 3.47. The summed E-state index contributed by atoms with van der Waals surface area (Å²) in [7, 11) is -4.11. The molecule has 3 atom stereocenters. The van der Waals surface area contributed by atoms with Crippen LogP contribution in [0.2, 0.25) is 0 Å². The third kappa shape index (κ3) is 3.39. The number of rotatable bonds is 5. The summed E-state index contributed by atoms with van der Waals surface area (Å²) in [5.74, 6) is -1.13. The van der Waals surface area contributed by atoms with Crippen LogP contribution in [-0.2, 0) is 10.0 Å². The van der Waals surface area contributed by atoms with Crippen molar-refractivity contribution in [3.63, 3.8) is 0 Å². The van der Waals surface area contributed by atoms with E-state index in [1.807, 2.05) is 49.4 Å². The largest absolute Gasteiger partial charge is 0.395 e. The molecule has 2 aromatic carbocycles. The number of sulfonamides is 1. The van der Waals surface area contributed by atoms with Crippen molar-refractivity contribution < 1.29 is 17.9 Å². The molecule has 1 aliphatic heterocycles. The molecular formula is C20H19FN2O3S. The van der Waals surface area contributed by atoms with E-state index >= 15 is 0 Å². The van der Waals surface area contributed by atoms with Crippen molar-refractivity contribution in [1.82, 2.24) is 4.31 Å². The lowest BCUT2D eigenvalue weighted by atomic mass is 9.78. The Balaban J connectivity index is 1.96.